The molecule has 0 aliphatic carbocycles. The lowest BCUT2D eigenvalue weighted by molar-refractivity contribution is 0.244. The average Bonchev–Trinajstić information content (AvgIpc) is 2.90. The van der Waals surface area contributed by atoms with Gasteiger partial charge in [-0.25, -0.2) is 0 Å². The summed E-state index contributed by atoms with van der Waals surface area (Å²) in [5, 5.41) is 15.0. The third-order valence-electron chi connectivity index (χ3n) is 2.74. The Balaban J connectivity index is 2.04. The summed E-state index contributed by atoms with van der Waals surface area (Å²) in [5.41, 5.74) is 1.23. The summed E-state index contributed by atoms with van der Waals surface area (Å²) in [4.78, 5) is 3.89. The fourth-order valence-corrected chi connectivity index (χ4v) is 3.55. The highest BCUT2D eigenvalue weighted by Crippen LogP contribution is 2.26. The first-order valence-corrected chi connectivity index (χ1v) is 7.34. The van der Waals surface area contributed by atoms with Gasteiger partial charge < -0.3 is 10.4 Å². The van der Waals surface area contributed by atoms with E-state index in [-0.39, 0.29) is 12.6 Å². The van der Waals surface area contributed by atoms with Crippen LogP contribution in [0.4, 0.5) is 0 Å². The van der Waals surface area contributed by atoms with Gasteiger partial charge in [-0.3, -0.25) is 0 Å². The SMILES string of the molecule is Cc1cc(C(CO)NCc2cccs2)c(C)s1. The van der Waals surface area contributed by atoms with Gasteiger partial charge in [-0.05, 0) is 36.9 Å². The summed E-state index contributed by atoms with van der Waals surface area (Å²) in [6, 6.07) is 6.37. The van der Waals surface area contributed by atoms with Crippen LogP contribution in [0.5, 0.6) is 0 Å². The topological polar surface area (TPSA) is 32.3 Å². The molecule has 1 atom stereocenters. The van der Waals surface area contributed by atoms with E-state index in [0.717, 1.165) is 6.54 Å². The summed E-state index contributed by atoms with van der Waals surface area (Å²) in [6.07, 6.45) is 0. The Morgan fingerprint density at radius 3 is 2.76 bits per heavy atom. The standard InChI is InChI=1S/C13H17NOS2/c1-9-6-12(10(2)17-9)13(8-15)14-7-11-4-3-5-16-11/h3-6,13-15H,7-8H2,1-2H3. The van der Waals surface area contributed by atoms with Crippen molar-refractivity contribution in [2.24, 2.45) is 0 Å². The van der Waals surface area contributed by atoms with Crippen molar-refractivity contribution in [1.82, 2.24) is 5.32 Å². The molecule has 0 spiro atoms. The minimum absolute atomic E-state index is 0.0436. The molecule has 4 heteroatoms. The number of hydrogen-bond acceptors (Lipinski definition) is 4. The van der Waals surface area contributed by atoms with Crippen molar-refractivity contribution in [1.29, 1.82) is 0 Å². The van der Waals surface area contributed by atoms with Gasteiger partial charge in [0.15, 0.2) is 0 Å². The molecule has 2 heterocycles. The third kappa shape index (κ3) is 3.16. The van der Waals surface area contributed by atoms with Crippen molar-refractivity contribution in [3.8, 4) is 0 Å². The second-order valence-electron chi connectivity index (χ2n) is 4.06. The van der Waals surface area contributed by atoms with Crippen LogP contribution in [0.25, 0.3) is 0 Å². The van der Waals surface area contributed by atoms with E-state index >= 15 is 0 Å². The van der Waals surface area contributed by atoms with Crippen LogP contribution >= 0.6 is 22.7 Å². The first-order chi connectivity index (χ1) is 8.20. The van der Waals surface area contributed by atoms with E-state index < -0.39 is 0 Å². The molecule has 0 bridgehead atoms. The molecule has 2 aromatic rings. The van der Waals surface area contributed by atoms with E-state index in [9.17, 15) is 5.11 Å². The van der Waals surface area contributed by atoms with Gasteiger partial charge in [0.1, 0.15) is 0 Å². The monoisotopic (exact) mass is 267 g/mol. The van der Waals surface area contributed by atoms with Crippen molar-refractivity contribution in [3.63, 3.8) is 0 Å². The second-order valence-corrected chi connectivity index (χ2v) is 6.56. The molecule has 0 aliphatic rings. The normalized spacial score (nSPS) is 12.9. The van der Waals surface area contributed by atoms with Crippen LogP contribution in [0.3, 0.4) is 0 Å². The molecule has 92 valence electrons. The van der Waals surface area contributed by atoms with Gasteiger partial charge in [0.2, 0.25) is 0 Å². The Morgan fingerprint density at radius 1 is 1.41 bits per heavy atom. The van der Waals surface area contributed by atoms with E-state index in [4.69, 9.17) is 0 Å². The van der Waals surface area contributed by atoms with Crippen molar-refractivity contribution >= 4 is 22.7 Å². The van der Waals surface area contributed by atoms with Gasteiger partial charge in [-0.15, -0.1) is 22.7 Å². The molecule has 17 heavy (non-hydrogen) atoms. The second kappa shape index (κ2) is 5.78. The highest BCUT2D eigenvalue weighted by molar-refractivity contribution is 7.12. The van der Waals surface area contributed by atoms with Crippen molar-refractivity contribution in [3.05, 3.63) is 43.8 Å². The summed E-state index contributed by atoms with van der Waals surface area (Å²) >= 11 is 3.53. The van der Waals surface area contributed by atoms with Crippen molar-refractivity contribution in [2.45, 2.75) is 26.4 Å². The van der Waals surface area contributed by atoms with Gasteiger partial charge in [0.25, 0.3) is 0 Å². The number of aliphatic hydroxyl groups is 1. The van der Waals surface area contributed by atoms with E-state index in [1.54, 1.807) is 22.7 Å². The zero-order valence-corrected chi connectivity index (χ0v) is 11.7. The number of rotatable bonds is 5. The number of aryl methyl sites for hydroxylation is 2. The maximum absolute atomic E-state index is 9.49. The highest BCUT2D eigenvalue weighted by atomic mass is 32.1. The van der Waals surface area contributed by atoms with E-state index in [0.29, 0.717) is 0 Å². The van der Waals surface area contributed by atoms with Crippen LogP contribution in [0.2, 0.25) is 0 Å². The first-order valence-electron chi connectivity index (χ1n) is 5.64. The number of aliphatic hydroxyl groups excluding tert-OH is 1. The average molecular weight is 267 g/mol. The van der Waals surface area contributed by atoms with Gasteiger partial charge in [0, 0.05) is 21.2 Å². The molecular weight excluding hydrogens is 250 g/mol. The lowest BCUT2D eigenvalue weighted by Gasteiger charge is -2.15. The molecule has 2 rings (SSSR count). The molecule has 1 unspecified atom stereocenters. The Bertz CT molecular complexity index is 462. The Labute approximate surface area is 110 Å². The van der Waals surface area contributed by atoms with Crippen LogP contribution in [0.15, 0.2) is 23.6 Å². The van der Waals surface area contributed by atoms with Crippen molar-refractivity contribution < 1.29 is 5.11 Å². The zero-order valence-electron chi connectivity index (χ0n) is 10.1. The minimum Gasteiger partial charge on any atom is -0.394 e. The van der Waals surface area contributed by atoms with Crippen LogP contribution in [0, 0.1) is 13.8 Å². The molecule has 0 saturated carbocycles. The van der Waals surface area contributed by atoms with Gasteiger partial charge in [-0.2, -0.15) is 0 Å². The largest absolute Gasteiger partial charge is 0.394 e. The van der Waals surface area contributed by atoms with Crippen LogP contribution in [-0.4, -0.2) is 11.7 Å². The van der Waals surface area contributed by atoms with Crippen LogP contribution in [-0.2, 0) is 6.54 Å². The van der Waals surface area contributed by atoms with Gasteiger partial charge in [0.05, 0.1) is 12.6 Å². The number of thiophene rings is 2. The molecule has 0 aromatic carbocycles. The summed E-state index contributed by atoms with van der Waals surface area (Å²) in [5.74, 6) is 0. The van der Waals surface area contributed by atoms with Crippen LogP contribution in [0.1, 0.15) is 26.2 Å². The van der Waals surface area contributed by atoms with Gasteiger partial charge in [-0.1, -0.05) is 6.07 Å². The molecule has 0 saturated heterocycles. The zero-order chi connectivity index (χ0) is 12.3. The minimum atomic E-state index is 0.0436. The maximum Gasteiger partial charge on any atom is 0.0627 e. The fourth-order valence-electron chi connectivity index (χ4n) is 1.91. The molecular formula is C13H17NOS2. The predicted octanol–water partition coefficient (Wildman–Crippen LogP) is 3.25. The van der Waals surface area contributed by atoms with Crippen LogP contribution < -0.4 is 5.32 Å². The quantitative estimate of drug-likeness (QED) is 0.871. The Kier molecular flexibility index (Phi) is 4.34. The fraction of sp³-hybridized carbons (Fsp3) is 0.385. The molecule has 2 aromatic heterocycles. The summed E-state index contributed by atoms with van der Waals surface area (Å²) in [7, 11) is 0. The Morgan fingerprint density at radius 2 is 2.24 bits per heavy atom. The summed E-state index contributed by atoms with van der Waals surface area (Å²) in [6.45, 7) is 5.18. The smallest absolute Gasteiger partial charge is 0.0627 e. The van der Waals surface area contributed by atoms with Crippen molar-refractivity contribution in [2.75, 3.05) is 6.61 Å². The first kappa shape index (κ1) is 12.8. The molecule has 0 aliphatic heterocycles. The number of hydrogen-bond donors (Lipinski definition) is 2. The molecule has 2 nitrogen and oxygen atoms in total. The molecule has 0 fully saturated rings. The number of nitrogens with one attached hydrogen (secondary N) is 1. The summed E-state index contributed by atoms with van der Waals surface area (Å²) < 4.78 is 0. The van der Waals surface area contributed by atoms with Gasteiger partial charge >= 0.3 is 0 Å². The van der Waals surface area contributed by atoms with E-state index in [1.807, 2.05) is 0 Å². The predicted molar refractivity (Wildman–Crippen MR) is 74.8 cm³/mol. The molecule has 0 amide bonds. The maximum atomic E-state index is 9.49. The lowest BCUT2D eigenvalue weighted by Crippen LogP contribution is -2.23. The lowest BCUT2D eigenvalue weighted by atomic mass is 10.1. The molecule has 0 radical (unpaired) electrons. The third-order valence-corrected chi connectivity index (χ3v) is 4.60. The molecule has 2 N–H and O–H groups in total. The van der Waals surface area contributed by atoms with E-state index in [2.05, 4.69) is 42.7 Å². The highest BCUT2D eigenvalue weighted by Gasteiger charge is 2.14. The Hall–Kier alpha value is -0.680. The van der Waals surface area contributed by atoms with E-state index in [1.165, 1.54) is 20.2 Å².